The number of rotatable bonds is 4. The van der Waals surface area contributed by atoms with Crippen LogP contribution in [0.5, 0.6) is 0 Å². The highest BCUT2D eigenvalue weighted by atomic mass is 15.1. The predicted molar refractivity (Wildman–Crippen MR) is 73.7 cm³/mol. The number of likely N-dealkylation sites (tertiary alicyclic amines) is 1. The first kappa shape index (κ1) is 12.3. The number of hydrogen-bond acceptors (Lipinski definition) is 2. The van der Waals surface area contributed by atoms with Crippen molar-refractivity contribution >= 4 is 6.08 Å². The first-order chi connectivity index (χ1) is 8.25. The maximum Gasteiger partial charge on any atom is 0.0166 e. The van der Waals surface area contributed by atoms with Gasteiger partial charge in [-0.05, 0) is 31.4 Å². The lowest BCUT2D eigenvalue weighted by atomic mass is 10.0. The minimum Gasteiger partial charge on any atom is -0.328 e. The molecule has 1 aliphatic rings. The van der Waals surface area contributed by atoms with E-state index in [9.17, 15) is 0 Å². The van der Waals surface area contributed by atoms with E-state index in [1.807, 2.05) is 6.07 Å². The van der Waals surface area contributed by atoms with Gasteiger partial charge in [0.05, 0.1) is 0 Å². The fraction of sp³-hybridized carbons (Fsp3) is 0.467. The SMILES string of the molecule is CC(N)C1CCN(C/C=C/c2ccccc2)C1. The molecule has 17 heavy (non-hydrogen) atoms. The van der Waals surface area contributed by atoms with Crippen LogP contribution in [0.15, 0.2) is 36.4 Å². The molecule has 2 unspecified atom stereocenters. The highest BCUT2D eigenvalue weighted by molar-refractivity contribution is 5.48. The fourth-order valence-electron chi connectivity index (χ4n) is 2.36. The van der Waals surface area contributed by atoms with E-state index in [-0.39, 0.29) is 0 Å². The van der Waals surface area contributed by atoms with E-state index in [2.05, 4.69) is 48.2 Å². The van der Waals surface area contributed by atoms with Crippen LogP contribution in [0.1, 0.15) is 18.9 Å². The van der Waals surface area contributed by atoms with Crippen LogP contribution in [0.3, 0.4) is 0 Å². The molecular weight excluding hydrogens is 208 g/mol. The summed E-state index contributed by atoms with van der Waals surface area (Å²) in [6.45, 7) is 5.49. The van der Waals surface area contributed by atoms with Gasteiger partial charge in [0, 0.05) is 19.1 Å². The molecule has 0 bridgehead atoms. The van der Waals surface area contributed by atoms with Crippen LogP contribution in [0.25, 0.3) is 6.08 Å². The molecule has 1 fully saturated rings. The Labute approximate surface area is 104 Å². The van der Waals surface area contributed by atoms with Crippen molar-refractivity contribution in [1.29, 1.82) is 0 Å². The van der Waals surface area contributed by atoms with Gasteiger partial charge < -0.3 is 5.73 Å². The summed E-state index contributed by atoms with van der Waals surface area (Å²) in [6, 6.07) is 10.8. The minimum absolute atomic E-state index is 0.332. The van der Waals surface area contributed by atoms with Gasteiger partial charge >= 0.3 is 0 Å². The Bertz CT molecular complexity index is 356. The largest absolute Gasteiger partial charge is 0.328 e. The summed E-state index contributed by atoms with van der Waals surface area (Å²) in [5.74, 6) is 0.681. The molecule has 2 N–H and O–H groups in total. The van der Waals surface area contributed by atoms with Crippen LogP contribution >= 0.6 is 0 Å². The fourth-order valence-corrected chi connectivity index (χ4v) is 2.36. The molecule has 2 nitrogen and oxygen atoms in total. The third-order valence-electron chi connectivity index (χ3n) is 3.53. The van der Waals surface area contributed by atoms with Crippen LogP contribution in [-0.4, -0.2) is 30.6 Å². The van der Waals surface area contributed by atoms with Gasteiger partial charge in [-0.25, -0.2) is 0 Å². The lowest BCUT2D eigenvalue weighted by molar-refractivity contribution is 0.347. The molecule has 1 saturated heterocycles. The minimum atomic E-state index is 0.332. The molecule has 2 heteroatoms. The number of nitrogens with zero attached hydrogens (tertiary/aromatic N) is 1. The second-order valence-electron chi connectivity index (χ2n) is 4.98. The van der Waals surface area contributed by atoms with E-state index >= 15 is 0 Å². The predicted octanol–water partition coefficient (Wildman–Crippen LogP) is 2.37. The quantitative estimate of drug-likeness (QED) is 0.860. The summed E-state index contributed by atoms with van der Waals surface area (Å²) in [6.07, 6.45) is 5.69. The highest BCUT2D eigenvalue weighted by Gasteiger charge is 2.23. The van der Waals surface area contributed by atoms with E-state index < -0.39 is 0 Å². The Balaban J connectivity index is 1.78. The van der Waals surface area contributed by atoms with Crippen molar-refractivity contribution in [2.45, 2.75) is 19.4 Å². The molecule has 92 valence electrons. The van der Waals surface area contributed by atoms with Gasteiger partial charge in [-0.2, -0.15) is 0 Å². The molecule has 0 spiro atoms. The van der Waals surface area contributed by atoms with Crippen molar-refractivity contribution in [2.24, 2.45) is 11.7 Å². The smallest absolute Gasteiger partial charge is 0.0166 e. The summed E-state index contributed by atoms with van der Waals surface area (Å²) in [5, 5.41) is 0. The van der Waals surface area contributed by atoms with Gasteiger partial charge in [0.1, 0.15) is 0 Å². The summed E-state index contributed by atoms with van der Waals surface area (Å²) < 4.78 is 0. The average Bonchev–Trinajstić information content (AvgIpc) is 2.79. The average molecular weight is 230 g/mol. The Hall–Kier alpha value is -1.12. The second kappa shape index (κ2) is 5.99. The van der Waals surface area contributed by atoms with Crippen molar-refractivity contribution in [3.05, 3.63) is 42.0 Å². The summed E-state index contributed by atoms with van der Waals surface area (Å²) in [4.78, 5) is 2.48. The van der Waals surface area contributed by atoms with Gasteiger partial charge in [0.15, 0.2) is 0 Å². The lowest BCUT2D eigenvalue weighted by Gasteiger charge is -2.15. The second-order valence-corrected chi connectivity index (χ2v) is 4.98. The Morgan fingerprint density at radius 1 is 1.41 bits per heavy atom. The topological polar surface area (TPSA) is 29.3 Å². The molecule has 0 saturated carbocycles. The van der Waals surface area contributed by atoms with Crippen molar-refractivity contribution in [2.75, 3.05) is 19.6 Å². The van der Waals surface area contributed by atoms with Gasteiger partial charge in [-0.15, -0.1) is 0 Å². The molecular formula is C15H22N2. The van der Waals surface area contributed by atoms with E-state index in [0.717, 1.165) is 13.1 Å². The van der Waals surface area contributed by atoms with Gasteiger partial charge in [-0.3, -0.25) is 4.90 Å². The zero-order chi connectivity index (χ0) is 12.1. The molecule has 0 radical (unpaired) electrons. The summed E-state index contributed by atoms with van der Waals surface area (Å²) in [7, 11) is 0. The van der Waals surface area contributed by atoms with E-state index in [1.165, 1.54) is 18.5 Å². The van der Waals surface area contributed by atoms with E-state index in [1.54, 1.807) is 0 Å². The van der Waals surface area contributed by atoms with Crippen molar-refractivity contribution in [1.82, 2.24) is 4.90 Å². The maximum atomic E-state index is 5.93. The zero-order valence-corrected chi connectivity index (χ0v) is 10.5. The first-order valence-corrected chi connectivity index (χ1v) is 6.45. The molecule has 0 amide bonds. The van der Waals surface area contributed by atoms with Gasteiger partial charge in [-0.1, -0.05) is 42.5 Å². The first-order valence-electron chi connectivity index (χ1n) is 6.45. The van der Waals surface area contributed by atoms with Crippen molar-refractivity contribution in [3.63, 3.8) is 0 Å². The molecule has 0 aliphatic carbocycles. The highest BCUT2D eigenvalue weighted by Crippen LogP contribution is 2.18. The number of nitrogens with two attached hydrogens (primary N) is 1. The number of benzene rings is 1. The van der Waals surface area contributed by atoms with Gasteiger partial charge in [0.2, 0.25) is 0 Å². The number of hydrogen-bond donors (Lipinski definition) is 1. The van der Waals surface area contributed by atoms with Gasteiger partial charge in [0.25, 0.3) is 0 Å². The molecule has 2 atom stereocenters. The molecule has 2 rings (SSSR count). The third kappa shape index (κ3) is 3.69. The molecule has 0 aromatic heterocycles. The lowest BCUT2D eigenvalue weighted by Crippen LogP contribution is -2.29. The standard InChI is InChI=1S/C15H22N2/c1-13(16)15-9-11-17(12-15)10-5-8-14-6-3-2-4-7-14/h2-8,13,15H,9-12,16H2,1H3/b8-5+. The molecule has 1 aliphatic heterocycles. The van der Waals surface area contributed by atoms with Crippen LogP contribution in [-0.2, 0) is 0 Å². The Morgan fingerprint density at radius 2 is 2.18 bits per heavy atom. The van der Waals surface area contributed by atoms with Crippen molar-refractivity contribution < 1.29 is 0 Å². The zero-order valence-electron chi connectivity index (χ0n) is 10.5. The molecule has 1 aromatic rings. The van der Waals surface area contributed by atoms with Crippen LogP contribution in [0, 0.1) is 5.92 Å². The maximum absolute atomic E-state index is 5.93. The Morgan fingerprint density at radius 3 is 2.82 bits per heavy atom. The van der Waals surface area contributed by atoms with Crippen LogP contribution < -0.4 is 5.73 Å². The third-order valence-corrected chi connectivity index (χ3v) is 3.53. The summed E-state index contributed by atoms with van der Waals surface area (Å²) in [5.41, 5.74) is 7.21. The molecule has 1 aromatic carbocycles. The van der Waals surface area contributed by atoms with E-state index in [0.29, 0.717) is 12.0 Å². The normalized spacial score (nSPS) is 23.3. The van der Waals surface area contributed by atoms with Crippen LogP contribution in [0.2, 0.25) is 0 Å². The molecule has 1 heterocycles. The summed E-state index contributed by atoms with van der Waals surface area (Å²) >= 11 is 0. The van der Waals surface area contributed by atoms with Crippen molar-refractivity contribution in [3.8, 4) is 0 Å². The van der Waals surface area contributed by atoms with Crippen LogP contribution in [0.4, 0.5) is 0 Å². The monoisotopic (exact) mass is 230 g/mol. The van der Waals surface area contributed by atoms with E-state index in [4.69, 9.17) is 5.73 Å². The Kier molecular flexibility index (Phi) is 4.35.